The van der Waals surface area contributed by atoms with Crippen LogP contribution in [0.25, 0.3) is 22.2 Å². The number of carbonyl (C=O) groups is 1. The molecule has 0 fully saturated rings. The second-order valence-corrected chi connectivity index (χ2v) is 6.65. The smallest absolute Gasteiger partial charge is 0.161 e. The molecule has 0 radical (unpaired) electrons. The van der Waals surface area contributed by atoms with E-state index in [0.717, 1.165) is 45.8 Å². The van der Waals surface area contributed by atoms with Gasteiger partial charge in [-0.15, -0.1) is 0 Å². The Labute approximate surface area is 141 Å². The van der Waals surface area contributed by atoms with Gasteiger partial charge < -0.3 is 4.57 Å². The molecule has 0 bridgehead atoms. The number of rotatable bonds is 4. The molecule has 0 unspecified atom stereocenters. The van der Waals surface area contributed by atoms with E-state index >= 15 is 0 Å². The number of nitrogens with zero attached hydrogens (tertiary/aromatic N) is 4. The van der Waals surface area contributed by atoms with Crippen molar-refractivity contribution in [1.29, 1.82) is 0 Å². The van der Waals surface area contributed by atoms with Crippen molar-refractivity contribution in [3.8, 4) is 11.3 Å². The summed E-state index contributed by atoms with van der Waals surface area (Å²) >= 11 is 0. The summed E-state index contributed by atoms with van der Waals surface area (Å²) in [5, 5.41) is 0.950. The first-order chi connectivity index (χ1) is 11.4. The van der Waals surface area contributed by atoms with Gasteiger partial charge in [-0.2, -0.15) is 0 Å². The summed E-state index contributed by atoms with van der Waals surface area (Å²) in [4.78, 5) is 25.3. The highest BCUT2D eigenvalue weighted by atomic mass is 16.1. The van der Waals surface area contributed by atoms with Crippen LogP contribution in [-0.2, 0) is 6.54 Å². The van der Waals surface area contributed by atoms with Crippen molar-refractivity contribution in [3.05, 3.63) is 41.7 Å². The van der Waals surface area contributed by atoms with E-state index in [4.69, 9.17) is 4.98 Å². The summed E-state index contributed by atoms with van der Waals surface area (Å²) in [6.07, 6.45) is 5.50. The van der Waals surface area contributed by atoms with Gasteiger partial charge in [-0.25, -0.2) is 9.97 Å². The van der Waals surface area contributed by atoms with Crippen molar-refractivity contribution < 1.29 is 4.79 Å². The molecule has 0 atom stereocenters. The number of fused-ring (bicyclic) bond motifs is 1. The maximum atomic E-state index is 12.1. The lowest BCUT2D eigenvalue weighted by Gasteiger charge is -2.10. The molecule has 5 nitrogen and oxygen atoms in total. The fourth-order valence-corrected chi connectivity index (χ4v) is 3.01. The monoisotopic (exact) mass is 322 g/mol. The molecule has 0 aliphatic rings. The number of hydrogen-bond acceptors (Lipinski definition) is 4. The highest BCUT2D eigenvalue weighted by Crippen LogP contribution is 2.29. The summed E-state index contributed by atoms with van der Waals surface area (Å²) in [6.45, 7) is 10.6. The Balaban J connectivity index is 2.24. The molecular formula is C19H22N4O. The van der Waals surface area contributed by atoms with Crippen LogP contribution in [0.4, 0.5) is 0 Å². The molecule has 3 rings (SSSR count). The van der Waals surface area contributed by atoms with Crippen molar-refractivity contribution in [2.45, 2.75) is 41.2 Å². The van der Waals surface area contributed by atoms with Crippen LogP contribution in [0.3, 0.4) is 0 Å². The molecule has 24 heavy (non-hydrogen) atoms. The first kappa shape index (κ1) is 16.3. The van der Waals surface area contributed by atoms with E-state index in [2.05, 4.69) is 28.4 Å². The van der Waals surface area contributed by atoms with Gasteiger partial charge in [0.05, 0.1) is 16.9 Å². The van der Waals surface area contributed by atoms with Gasteiger partial charge in [0.25, 0.3) is 0 Å². The topological polar surface area (TPSA) is 60.7 Å². The van der Waals surface area contributed by atoms with E-state index in [-0.39, 0.29) is 5.78 Å². The van der Waals surface area contributed by atoms with Gasteiger partial charge in [0.2, 0.25) is 0 Å². The first-order valence-electron chi connectivity index (χ1n) is 8.17. The van der Waals surface area contributed by atoms with Gasteiger partial charge >= 0.3 is 0 Å². The maximum absolute atomic E-state index is 12.1. The number of hydrogen-bond donors (Lipinski definition) is 0. The van der Waals surface area contributed by atoms with E-state index < -0.39 is 0 Å². The van der Waals surface area contributed by atoms with Crippen LogP contribution >= 0.6 is 0 Å². The van der Waals surface area contributed by atoms with Gasteiger partial charge in [-0.1, -0.05) is 13.8 Å². The Morgan fingerprint density at radius 1 is 1.21 bits per heavy atom. The van der Waals surface area contributed by atoms with Gasteiger partial charge in [0.15, 0.2) is 5.78 Å². The summed E-state index contributed by atoms with van der Waals surface area (Å²) in [5.74, 6) is 1.29. The lowest BCUT2D eigenvalue weighted by molar-refractivity contribution is 0.101. The minimum Gasteiger partial charge on any atom is -0.345 e. The first-order valence-corrected chi connectivity index (χ1v) is 8.17. The largest absolute Gasteiger partial charge is 0.345 e. The number of aryl methyl sites for hydroxylation is 2. The molecule has 124 valence electrons. The number of pyridine rings is 1. The van der Waals surface area contributed by atoms with Crippen LogP contribution in [0.2, 0.25) is 0 Å². The summed E-state index contributed by atoms with van der Waals surface area (Å²) in [6, 6.07) is 1.98. The number of carbonyl (C=O) groups excluding carboxylic acids is 1. The Hall–Kier alpha value is -2.56. The minimum absolute atomic E-state index is 0.0687. The van der Waals surface area contributed by atoms with Crippen LogP contribution in [0, 0.1) is 19.8 Å². The molecule has 0 amide bonds. The highest BCUT2D eigenvalue weighted by molar-refractivity contribution is 6.08. The maximum Gasteiger partial charge on any atom is 0.161 e. The standard InChI is InChI=1S/C19H22N4O/c1-11(2)9-23-10-17(13(4)24)16-6-18(22-12(3)19(16)23)15-7-20-14(5)21-8-15/h6-8,10-11H,9H2,1-5H3. The van der Waals surface area contributed by atoms with Crippen molar-refractivity contribution >= 4 is 16.7 Å². The number of Topliss-reactive ketones (excluding diaryl/α,β-unsaturated/α-hetero) is 1. The van der Waals surface area contributed by atoms with E-state index in [1.54, 1.807) is 19.3 Å². The van der Waals surface area contributed by atoms with E-state index in [1.807, 2.05) is 26.1 Å². The van der Waals surface area contributed by atoms with Crippen LogP contribution < -0.4 is 0 Å². The molecular weight excluding hydrogens is 300 g/mol. The highest BCUT2D eigenvalue weighted by Gasteiger charge is 2.17. The van der Waals surface area contributed by atoms with E-state index in [1.165, 1.54) is 0 Å². The van der Waals surface area contributed by atoms with Gasteiger partial charge in [-0.05, 0) is 32.8 Å². The van der Waals surface area contributed by atoms with E-state index in [9.17, 15) is 4.79 Å². The van der Waals surface area contributed by atoms with Crippen molar-refractivity contribution in [1.82, 2.24) is 19.5 Å². The summed E-state index contributed by atoms with van der Waals surface area (Å²) < 4.78 is 2.15. The Bertz CT molecular complexity index is 907. The van der Waals surface area contributed by atoms with Crippen molar-refractivity contribution in [3.63, 3.8) is 0 Å². The fourth-order valence-electron chi connectivity index (χ4n) is 3.01. The predicted molar refractivity (Wildman–Crippen MR) is 95.1 cm³/mol. The zero-order valence-electron chi connectivity index (χ0n) is 14.8. The quantitative estimate of drug-likeness (QED) is 0.682. The molecule has 3 aromatic heterocycles. The second-order valence-electron chi connectivity index (χ2n) is 6.65. The molecule has 0 saturated heterocycles. The SMILES string of the molecule is CC(=O)c1cn(CC(C)C)c2c(C)nc(-c3cnc(C)nc3)cc12. The third kappa shape index (κ3) is 2.94. The second kappa shape index (κ2) is 6.15. The molecule has 5 heteroatoms. The molecule has 3 aromatic rings. The van der Waals surface area contributed by atoms with Crippen molar-refractivity contribution in [2.24, 2.45) is 5.92 Å². The van der Waals surface area contributed by atoms with Crippen LogP contribution in [-0.4, -0.2) is 25.3 Å². The lowest BCUT2D eigenvalue weighted by Crippen LogP contribution is -2.04. The Morgan fingerprint density at radius 3 is 2.46 bits per heavy atom. The number of ketones is 1. The predicted octanol–water partition coefficient (Wildman–Crippen LogP) is 3.97. The van der Waals surface area contributed by atoms with Crippen molar-refractivity contribution in [2.75, 3.05) is 0 Å². The molecule has 0 saturated carbocycles. The van der Waals surface area contributed by atoms with E-state index in [0.29, 0.717) is 5.92 Å². The summed E-state index contributed by atoms with van der Waals surface area (Å²) in [7, 11) is 0. The molecule has 0 aliphatic heterocycles. The zero-order valence-corrected chi connectivity index (χ0v) is 14.8. The molecule has 0 aromatic carbocycles. The zero-order chi connectivity index (χ0) is 17.4. The van der Waals surface area contributed by atoms with Gasteiger partial charge in [0, 0.05) is 41.6 Å². The third-order valence-corrected chi connectivity index (χ3v) is 4.05. The van der Waals surface area contributed by atoms with Gasteiger partial charge in [-0.3, -0.25) is 9.78 Å². The Kier molecular flexibility index (Phi) is 4.18. The minimum atomic E-state index is 0.0687. The average Bonchev–Trinajstić information content (AvgIpc) is 2.86. The fraction of sp³-hybridized carbons (Fsp3) is 0.368. The molecule has 3 heterocycles. The third-order valence-electron chi connectivity index (χ3n) is 4.05. The van der Waals surface area contributed by atoms with Crippen LogP contribution in [0.1, 0.15) is 42.6 Å². The normalized spacial score (nSPS) is 11.4. The molecule has 0 N–H and O–H groups in total. The molecule has 0 spiro atoms. The Morgan fingerprint density at radius 2 is 1.88 bits per heavy atom. The number of aromatic nitrogens is 4. The van der Waals surface area contributed by atoms with Gasteiger partial charge in [0.1, 0.15) is 5.82 Å². The van der Waals surface area contributed by atoms with Crippen LogP contribution in [0.5, 0.6) is 0 Å². The summed E-state index contributed by atoms with van der Waals surface area (Å²) in [5.41, 5.74) is 4.34. The lowest BCUT2D eigenvalue weighted by atomic mass is 10.1. The van der Waals surface area contributed by atoms with Crippen LogP contribution in [0.15, 0.2) is 24.7 Å². The average molecular weight is 322 g/mol. The molecule has 0 aliphatic carbocycles.